The number of rotatable bonds is 3. The van der Waals surface area contributed by atoms with E-state index in [1.807, 2.05) is 35.2 Å². The van der Waals surface area contributed by atoms with Crippen molar-refractivity contribution in [3.8, 4) is 11.8 Å². The van der Waals surface area contributed by atoms with Gasteiger partial charge in [-0.3, -0.25) is 0 Å². The maximum Gasteiger partial charge on any atom is 0.321 e. The fraction of sp³-hybridized carbons (Fsp3) is 0.320. The quantitative estimate of drug-likeness (QED) is 0.664. The van der Waals surface area contributed by atoms with Crippen LogP contribution in [0.1, 0.15) is 23.1 Å². The molecule has 2 heterocycles. The predicted molar refractivity (Wildman–Crippen MR) is 126 cm³/mol. The van der Waals surface area contributed by atoms with Crippen molar-refractivity contribution in [1.82, 2.24) is 9.88 Å². The van der Waals surface area contributed by atoms with Crippen LogP contribution in [0, 0.1) is 25.2 Å². The number of nitriles is 1. The molecule has 4 rings (SSSR count). The number of hydrogen-bond acceptors (Lipinski definition) is 5. The molecule has 1 saturated heterocycles. The van der Waals surface area contributed by atoms with Crippen molar-refractivity contribution < 1.29 is 9.53 Å². The number of carbonyl (C=O) groups excluding carboxylic acids is 1. The van der Waals surface area contributed by atoms with Gasteiger partial charge in [-0.05, 0) is 73.9 Å². The zero-order chi connectivity index (χ0) is 22.7. The first-order chi connectivity index (χ1) is 15.5. The maximum absolute atomic E-state index is 12.8. The summed E-state index contributed by atoms with van der Waals surface area (Å²) in [6.45, 7) is 6.69. The van der Waals surface area contributed by atoms with Crippen LogP contribution in [0.2, 0.25) is 0 Å². The van der Waals surface area contributed by atoms with Crippen LogP contribution in [0.25, 0.3) is 10.9 Å². The van der Waals surface area contributed by atoms with Gasteiger partial charge >= 0.3 is 6.03 Å². The molecular formula is C25H27N5O2. The van der Waals surface area contributed by atoms with Crippen LogP contribution in [0.4, 0.5) is 16.3 Å². The second-order valence-electron chi connectivity index (χ2n) is 8.09. The number of anilines is 2. The van der Waals surface area contributed by atoms with Crippen molar-refractivity contribution in [2.45, 2.75) is 20.3 Å². The summed E-state index contributed by atoms with van der Waals surface area (Å²) in [4.78, 5) is 21.6. The van der Waals surface area contributed by atoms with Crippen LogP contribution in [0.3, 0.4) is 0 Å². The monoisotopic (exact) mass is 429 g/mol. The first kappa shape index (κ1) is 21.4. The van der Waals surface area contributed by atoms with E-state index < -0.39 is 0 Å². The zero-order valence-corrected chi connectivity index (χ0v) is 18.7. The highest BCUT2D eigenvalue weighted by Crippen LogP contribution is 2.26. The average molecular weight is 430 g/mol. The summed E-state index contributed by atoms with van der Waals surface area (Å²) in [5, 5.41) is 13.7. The Morgan fingerprint density at radius 2 is 1.81 bits per heavy atom. The summed E-state index contributed by atoms with van der Waals surface area (Å²) in [5.41, 5.74) is 4.55. The SMILES string of the molecule is COc1ccc(NC(=O)N2CCCN(c3nc4cc(C)c(C)cc4cc3C#N)CC2)cc1. The van der Waals surface area contributed by atoms with Gasteiger partial charge in [-0.2, -0.15) is 5.26 Å². The van der Waals surface area contributed by atoms with Gasteiger partial charge in [0.05, 0.1) is 18.2 Å². The highest BCUT2D eigenvalue weighted by Gasteiger charge is 2.22. The van der Waals surface area contributed by atoms with Crippen LogP contribution in [-0.4, -0.2) is 49.2 Å². The van der Waals surface area contributed by atoms with Gasteiger partial charge in [-0.1, -0.05) is 0 Å². The molecule has 0 bridgehead atoms. The van der Waals surface area contributed by atoms with E-state index in [4.69, 9.17) is 9.72 Å². The van der Waals surface area contributed by atoms with E-state index in [1.165, 1.54) is 11.1 Å². The van der Waals surface area contributed by atoms with E-state index in [0.29, 0.717) is 31.0 Å². The Morgan fingerprint density at radius 3 is 2.53 bits per heavy atom. The molecule has 1 aliphatic heterocycles. The number of hydrogen-bond donors (Lipinski definition) is 1. The van der Waals surface area contributed by atoms with Gasteiger partial charge in [-0.15, -0.1) is 0 Å². The molecule has 2 amide bonds. The van der Waals surface area contributed by atoms with E-state index in [2.05, 4.69) is 42.3 Å². The number of nitrogens with one attached hydrogen (secondary N) is 1. The summed E-state index contributed by atoms with van der Waals surface area (Å²) in [6, 6.07) is 15.5. The Morgan fingerprint density at radius 1 is 1.06 bits per heavy atom. The lowest BCUT2D eigenvalue weighted by Gasteiger charge is -2.24. The molecule has 1 fully saturated rings. The lowest BCUT2D eigenvalue weighted by Crippen LogP contribution is -2.38. The molecule has 0 atom stereocenters. The lowest BCUT2D eigenvalue weighted by atomic mass is 10.0. The van der Waals surface area contributed by atoms with Gasteiger partial charge < -0.3 is 19.9 Å². The van der Waals surface area contributed by atoms with Crippen LogP contribution >= 0.6 is 0 Å². The zero-order valence-electron chi connectivity index (χ0n) is 18.7. The normalized spacial score (nSPS) is 14.1. The Balaban J connectivity index is 1.50. The molecule has 7 heteroatoms. The Kier molecular flexibility index (Phi) is 6.13. The van der Waals surface area contributed by atoms with Crippen LogP contribution < -0.4 is 15.0 Å². The molecule has 0 spiro atoms. The van der Waals surface area contributed by atoms with Crippen LogP contribution in [0.15, 0.2) is 42.5 Å². The standard InChI is InChI=1S/C25H27N5O2/c1-17-13-19-15-20(16-26)24(28-23(19)14-18(17)2)29-9-4-10-30(12-11-29)25(31)27-21-5-7-22(32-3)8-6-21/h5-8,13-15H,4,9-12H2,1-3H3,(H,27,31). The molecule has 7 nitrogen and oxygen atoms in total. The number of benzene rings is 2. The highest BCUT2D eigenvalue weighted by atomic mass is 16.5. The van der Waals surface area contributed by atoms with Crippen LogP contribution in [-0.2, 0) is 0 Å². The second kappa shape index (κ2) is 9.15. The Hall–Kier alpha value is -3.79. The number of aryl methyl sites for hydroxylation is 2. The van der Waals surface area contributed by atoms with Crippen molar-refractivity contribution in [2.24, 2.45) is 0 Å². The van der Waals surface area contributed by atoms with Crippen molar-refractivity contribution >= 4 is 28.4 Å². The Bertz CT molecular complexity index is 1180. The van der Waals surface area contributed by atoms with Crippen molar-refractivity contribution in [2.75, 3.05) is 43.5 Å². The largest absolute Gasteiger partial charge is 0.497 e. The molecule has 0 unspecified atom stereocenters. The number of aromatic nitrogens is 1. The van der Waals surface area contributed by atoms with Crippen molar-refractivity contribution in [3.05, 3.63) is 59.2 Å². The van der Waals surface area contributed by atoms with Crippen LogP contribution in [0.5, 0.6) is 5.75 Å². The number of nitrogens with zero attached hydrogens (tertiary/aromatic N) is 4. The van der Waals surface area contributed by atoms with Gasteiger partial charge in [0.25, 0.3) is 0 Å². The summed E-state index contributed by atoms with van der Waals surface area (Å²) in [7, 11) is 1.61. The molecule has 1 N–H and O–H groups in total. The molecule has 0 radical (unpaired) electrons. The summed E-state index contributed by atoms with van der Waals surface area (Å²) >= 11 is 0. The molecule has 1 aromatic heterocycles. The minimum absolute atomic E-state index is 0.130. The number of amides is 2. The van der Waals surface area contributed by atoms with E-state index in [9.17, 15) is 10.1 Å². The van der Waals surface area contributed by atoms with E-state index >= 15 is 0 Å². The van der Waals surface area contributed by atoms with Gasteiger partial charge in [0.2, 0.25) is 0 Å². The number of urea groups is 1. The topological polar surface area (TPSA) is 81.5 Å². The number of carbonyl (C=O) groups is 1. The third-order valence-corrected chi connectivity index (χ3v) is 5.95. The first-order valence-corrected chi connectivity index (χ1v) is 10.8. The third-order valence-electron chi connectivity index (χ3n) is 5.95. The highest BCUT2D eigenvalue weighted by molar-refractivity contribution is 5.89. The van der Waals surface area contributed by atoms with Gasteiger partial charge in [0.1, 0.15) is 17.6 Å². The Labute approximate surface area is 188 Å². The molecule has 164 valence electrons. The molecular weight excluding hydrogens is 402 g/mol. The summed E-state index contributed by atoms with van der Waals surface area (Å²) < 4.78 is 5.16. The number of pyridine rings is 1. The third kappa shape index (κ3) is 4.45. The summed E-state index contributed by atoms with van der Waals surface area (Å²) in [6.07, 6.45) is 0.799. The maximum atomic E-state index is 12.8. The predicted octanol–water partition coefficient (Wildman–Crippen LogP) is 4.48. The van der Waals surface area contributed by atoms with E-state index in [1.54, 1.807) is 7.11 Å². The van der Waals surface area contributed by atoms with E-state index in [0.717, 1.165) is 35.3 Å². The van der Waals surface area contributed by atoms with Gasteiger partial charge in [-0.25, -0.2) is 9.78 Å². The molecule has 32 heavy (non-hydrogen) atoms. The summed E-state index contributed by atoms with van der Waals surface area (Å²) in [5.74, 6) is 1.44. The molecule has 3 aromatic rings. The smallest absolute Gasteiger partial charge is 0.321 e. The van der Waals surface area contributed by atoms with Gasteiger partial charge in [0.15, 0.2) is 0 Å². The molecule has 1 aliphatic rings. The van der Waals surface area contributed by atoms with Gasteiger partial charge in [0, 0.05) is 37.3 Å². The minimum atomic E-state index is -0.130. The number of fused-ring (bicyclic) bond motifs is 1. The molecule has 2 aromatic carbocycles. The lowest BCUT2D eigenvalue weighted by molar-refractivity contribution is 0.215. The number of methoxy groups -OCH3 is 1. The molecule has 0 saturated carbocycles. The van der Waals surface area contributed by atoms with E-state index in [-0.39, 0.29) is 6.03 Å². The number of ether oxygens (including phenoxy) is 1. The second-order valence-corrected chi connectivity index (χ2v) is 8.09. The first-order valence-electron chi connectivity index (χ1n) is 10.8. The van der Waals surface area contributed by atoms with Crippen molar-refractivity contribution in [3.63, 3.8) is 0 Å². The molecule has 0 aliphatic carbocycles. The minimum Gasteiger partial charge on any atom is -0.497 e. The van der Waals surface area contributed by atoms with Crippen molar-refractivity contribution in [1.29, 1.82) is 5.26 Å². The fourth-order valence-electron chi connectivity index (χ4n) is 3.96. The fourth-order valence-corrected chi connectivity index (χ4v) is 3.96. The average Bonchev–Trinajstić information content (AvgIpc) is 3.06.